The first kappa shape index (κ1) is 13.3. The molecule has 0 atom stereocenters. The summed E-state index contributed by atoms with van der Waals surface area (Å²) in [4.78, 5) is 11.7. The lowest BCUT2D eigenvalue weighted by molar-refractivity contribution is 0.0549. The van der Waals surface area contributed by atoms with Crippen molar-refractivity contribution in [3.8, 4) is 5.75 Å². The van der Waals surface area contributed by atoms with E-state index in [2.05, 4.69) is 0 Å². The van der Waals surface area contributed by atoms with Gasteiger partial charge in [-0.3, -0.25) is 0 Å². The van der Waals surface area contributed by atoms with Crippen molar-refractivity contribution in [2.75, 3.05) is 13.7 Å². The van der Waals surface area contributed by atoms with Gasteiger partial charge in [-0.2, -0.15) is 0 Å². The molecule has 3 nitrogen and oxygen atoms in total. The number of ether oxygens (including phenoxy) is 2. The molecule has 1 aromatic carbocycles. The lowest BCUT2D eigenvalue weighted by Crippen LogP contribution is -2.05. The van der Waals surface area contributed by atoms with Crippen LogP contribution in [0.2, 0.25) is 0 Å². The van der Waals surface area contributed by atoms with Gasteiger partial charge in [0.15, 0.2) is 0 Å². The van der Waals surface area contributed by atoms with Crippen LogP contribution in [0.3, 0.4) is 0 Å². The number of carbonyl (C=O) groups is 1. The van der Waals surface area contributed by atoms with Gasteiger partial charge in [-0.05, 0) is 31.0 Å². The Bertz CT molecular complexity index is 408. The van der Waals surface area contributed by atoms with Gasteiger partial charge < -0.3 is 9.47 Å². The summed E-state index contributed by atoms with van der Waals surface area (Å²) in [5, 5.41) is 0. The van der Waals surface area contributed by atoms with E-state index in [1.54, 1.807) is 19.2 Å². The van der Waals surface area contributed by atoms with Crippen LogP contribution in [0.4, 0.5) is 0 Å². The number of carbonyl (C=O) groups excluding carboxylic acids is 1. The fourth-order valence-electron chi connectivity index (χ4n) is 1.39. The summed E-state index contributed by atoms with van der Waals surface area (Å²) in [5.41, 5.74) is 1.51. The zero-order valence-electron chi connectivity index (χ0n) is 10.5. The summed E-state index contributed by atoms with van der Waals surface area (Å²) in [6, 6.07) is 5.28. The van der Waals surface area contributed by atoms with Gasteiger partial charge in [-0.15, -0.1) is 0 Å². The smallest absolute Gasteiger partial charge is 0.338 e. The fourth-order valence-corrected chi connectivity index (χ4v) is 1.39. The van der Waals surface area contributed by atoms with Crippen LogP contribution in [-0.2, 0) is 4.74 Å². The zero-order chi connectivity index (χ0) is 12.7. The molecule has 1 rings (SSSR count). The van der Waals surface area contributed by atoms with Crippen molar-refractivity contribution >= 4 is 5.97 Å². The van der Waals surface area contributed by atoms with Gasteiger partial charge in [-0.1, -0.05) is 25.1 Å². The van der Waals surface area contributed by atoms with E-state index in [0.29, 0.717) is 17.9 Å². The Morgan fingerprint density at radius 2 is 2.12 bits per heavy atom. The van der Waals surface area contributed by atoms with Crippen LogP contribution in [0.15, 0.2) is 30.4 Å². The van der Waals surface area contributed by atoms with Gasteiger partial charge in [0.1, 0.15) is 12.4 Å². The second kappa shape index (κ2) is 6.74. The van der Waals surface area contributed by atoms with E-state index in [9.17, 15) is 4.79 Å². The number of rotatable bonds is 5. The molecule has 0 saturated carbocycles. The monoisotopic (exact) mass is 234 g/mol. The molecule has 0 unspecified atom stereocenters. The molecule has 0 amide bonds. The lowest BCUT2D eigenvalue weighted by atomic mass is 10.1. The molecule has 1 aromatic rings. The number of aryl methyl sites for hydroxylation is 1. The molecule has 17 heavy (non-hydrogen) atoms. The molecule has 0 spiro atoms. The molecular formula is C14H18O3. The van der Waals surface area contributed by atoms with Crippen LogP contribution < -0.4 is 4.74 Å². The normalized spacial score (nSPS) is 10.5. The molecule has 0 radical (unpaired) electrons. The van der Waals surface area contributed by atoms with Crippen molar-refractivity contribution in [1.29, 1.82) is 0 Å². The summed E-state index contributed by atoms with van der Waals surface area (Å²) < 4.78 is 10.2. The highest BCUT2D eigenvalue weighted by atomic mass is 16.5. The Hall–Kier alpha value is -1.77. The Labute approximate surface area is 102 Å². The average molecular weight is 234 g/mol. The van der Waals surface area contributed by atoms with Crippen LogP contribution >= 0.6 is 0 Å². The van der Waals surface area contributed by atoms with E-state index < -0.39 is 0 Å². The number of methoxy groups -OCH3 is 1. The second-order valence-corrected chi connectivity index (χ2v) is 3.66. The second-order valence-electron chi connectivity index (χ2n) is 3.66. The summed E-state index contributed by atoms with van der Waals surface area (Å²) >= 11 is 0. The lowest BCUT2D eigenvalue weighted by Gasteiger charge is -2.07. The van der Waals surface area contributed by atoms with Crippen molar-refractivity contribution in [3.05, 3.63) is 41.5 Å². The molecule has 0 aliphatic carbocycles. The van der Waals surface area contributed by atoms with E-state index >= 15 is 0 Å². The minimum Gasteiger partial charge on any atom is -0.496 e. The molecule has 0 aliphatic rings. The SMILES string of the molecule is CC/C=C/COC(=O)c1ccc(C)c(OC)c1. The van der Waals surface area contributed by atoms with Crippen molar-refractivity contribution in [3.63, 3.8) is 0 Å². The molecule has 0 bridgehead atoms. The number of hydrogen-bond acceptors (Lipinski definition) is 3. The maximum Gasteiger partial charge on any atom is 0.338 e. The Balaban J connectivity index is 2.66. The Morgan fingerprint density at radius 3 is 2.76 bits per heavy atom. The van der Waals surface area contributed by atoms with Crippen LogP contribution in [0.5, 0.6) is 5.75 Å². The van der Waals surface area contributed by atoms with Crippen molar-refractivity contribution in [2.45, 2.75) is 20.3 Å². The van der Waals surface area contributed by atoms with E-state index in [0.717, 1.165) is 12.0 Å². The highest BCUT2D eigenvalue weighted by Gasteiger charge is 2.08. The van der Waals surface area contributed by atoms with Gasteiger partial charge >= 0.3 is 5.97 Å². The summed E-state index contributed by atoms with van der Waals surface area (Å²) in [7, 11) is 1.58. The highest BCUT2D eigenvalue weighted by Crippen LogP contribution is 2.19. The van der Waals surface area contributed by atoms with Gasteiger partial charge in [0.25, 0.3) is 0 Å². The van der Waals surface area contributed by atoms with Gasteiger partial charge in [0.05, 0.1) is 12.7 Å². The standard InChI is InChI=1S/C14H18O3/c1-4-5-6-9-17-14(15)12-8-7-11(2)13(10-12)16-3/h5-8,10H,4,9H2,1-3H3/b6-5+. The first-order valence-corrected chi connectivity index (χ1v) is 5.65. The van der Waals surface area contributed by atoms with Crippen LogP contribution in [-0.4, -0.2) is 19.7 Å². The summed E-state index contributed by atoms with van der Waals surface area (Å²) in [6.07, 6.45) is 4.74. The zero-order valence-corrected chi connectivity index (χ0v) is 10.5. The maximum atomic E-state index is 11.7. The van der Waals surface area contributed by atoms with Gasteiger partial charge in [0, 0.05) is 0 Å². The maximum absolute atomic E-state index is 11.7. The van der Waals surface area contributed by atoms with Crippen molar-refractivity contribution < 1.29 is 14.3 Å². The molecular weight excluding hydrogens is 216 g/mol. The predicted molar refractivity (Wildman–Crippen MR) is 67.4 cm³/mol. The minimum absolute atomic E-state index is 0.308. The van der Waals surface area contributed by atoms with Gasteiger partial charge in [-0.25, -0.2) is 4.79 Å². The highest BCUT2D eigenvalue weighted by molar-refractivity contribution is 5.90. The average Bonchev–Trinajstić information content (AvgIpc) is 2.35. The third-order valence-corrected chi connectivity index (χ3v) is 2.36. The molecule has 0 saturated heterocycles. The molecule has 0 N–H and O–H groups in total. The van der Waals surface area contributed by atoms with Crippen molar-refractivity contribution in [2.24, 2.45) is 0 Å². The van der Waals surface area contributed by atoms with E-state index in [4.69, 9.17) is 9.47 Å². The molecule has 0 aromatic heterocycles. The largest absolute Gasteiger partial charge is 0.496 e. The quantitative estimate of drug-likeness (QED) is 0.580. The third-order valence-electron chi connectivity index (χ3n) is 2.36. The Morgan fingerprint density at radius 1 is 1.35 bits per heavy atom. The first-order valence-electron chi connectivity index (χ1n) is 5.65. The number of hydrogen-bond donors (Lipinski definition) is 0. The third kappa shape index (κ3) is 3.94. The fraction of sp³-hybridized carbons (Fsp3) is 0.357. The molecule has 0 aliphatic heterocycles. The molecule has 0 heterocycles. The van der Waals surface area contributed by atoms with E-state index in [1.807, 2.05) is 32.1 Å². The van der Waals surface area contributed by atoms with Gasteiger partial charge in [0.2, 0.25) is 0 Å². The number of esters is 1. The molecule has 3 heteroatoms. The Kier molecular flexibility index (Phi) is 5.27. The number of allylic oxidation sites excluding steroid dienone is 1. The first-order chi connectivity index (χ1) is 8.19. The van der Waals surface area contributed by atoms with Crippen LogP contribution in [0, 0.1) is 6.92 Å². The van der Waals surface area contributed by atoms with Crippen LogP contribution in [0.1, 0.15) is 29.3 Å². The summed E-state index contributed by atoms with van der Waals surface area (Å²) in [5.74, 6) is 0.368. The topological polar surface area (TPSA) is 35.5 Å². The van der Waals surface area contributed by atoms with E-state index in [1.165, 1.54) is 0 Å². The minimum atomic E-state index is -0.330. The molecule has 92 valence electrons. The van der Waals surface area contributed by atoms with E-state index in [-0.39, 0.29) is 5.97 Å². The molecule has 0 fully saturated rings. The predicted octanol–water partition coefficient (Wildman–Crippen LogP) is 3.13. The summed E-state index contributed by atoms with van der Waals surface area (Å²) in [6.45, 7) is 4.27. The van der Waals surface area contributed by atoms with Crippen LogP contribution in [0.25, 0.3) is 0 Å². The van der Waals surface area contributed by atoms with Crippen molar-refractivity contribution in [1.82, 2.24) is 0 Å². The number of benzene rings is 1.